The summed E-state index contributed by atoms with van der Waals surface area (Å²) >= 11 is 0. The lowest BCUT2D eigenvalue weighted by Gasteiger charge is -2.10. The predicted octanol–water partition coefficient (Wildman–Crippen LogP) is 1.63. The molecule has 0 bridgehead atoms. The number of benzene rings is 2. The minimum atomic E-state index is -4.69. The third-order valence-corrected chi connectivity index (χ3v) is 4.05. The maximum absolute atomic E-state index is 13.5. The largest absolute Gasteiger partial charge is 0.484 e. The number of sulfonamides is 1. The lowest BCUT2D eigenvalue weighted by Crippen LogP contribution is -2.44. The minimum absolute atomic E-state index is 0.0182. The average molecular weight is 378 g/mol. The molecule has 0 unspecified atom stereocenters. The fraction of sp³-hybridized carbons (Fsp3) is 0.0714. The Morgan fingerprint density at radius 3 is 2.44 bits per heavy atom. The van der Waals surface area contributed by atoms with E-state index in [1.807, 2.05) is 0 Å². The molecule has 2 aromatic carbocycles. The van der Waals surface area contributed by atoms with Gasteiger partial charge in [-0.25, -0.2) is 26.0 Å². The standard InChI is InChI=1S/C14H10F4N2O4S/c15-8-2-1-3-9(6-8)24-7-12(21)19-20-25(22,23)11-5-4-10(16)13(17)14(11)18/h1-6,20H,7H2,(H,19,21). The first kappa shape index (κ1) is 18.7. The number of nitrogens with one attached hydrogen (secondary N) is 2. The summed E-state index contributed by atoms with van der Waals surface area (Å²) in [5.41, 5.74) is 1.69. The van der Waals surface area contributed by atoms with E-state index in [2.05, 4.69) is 0 Å². The number of amides is 1. The van der Waals surface area contributed by atoms with Gasteiger partial charge in [0.25, 0.3) is 15.9 Å². The Labute approximate surface area is 139 Å². The molecular weight excluding hydrogens is 368 g/mol. The van der Waals surface area contributed by atoms with Gasteiger partial charge in [0.2, 0.25) is 0 Å². The van der Waals surface area contributed by atoms with Crippen LogP contribution in [0.4, 0.5) is 17.6 Å². The maximum atomic E-state index is 13.5. The van der Waals surface area contributed by atoms with Crippen LogP contribution < -0.4 is 15.0 Å². The summed E-state index contributed by atoms with van der Waals surface area (Å²) in [5.74, 6) is -7.06. The minimum Gasteiger partial charge on any atom is -0.484 e. The molecule has 11 heteroatoms. The SMILES string of the molecule is O=C(COc1cccc(F)c1)NNS(=O)(=O)c1ccc(F)c(F)c1F. The second-order valence-corrected chi connectivity index (χ2v) is 6.22. The highest BCUT2D eigenvalue weighted by molar-refractivity contribution is 7.89. The normalized spacial score (nSPS) is 11.2. The van der Waals surface area contributed by atoms with Crippen LogP contribution in [0.2, 0.25) is 0 Å². The summed E-state index contributed by atoms with van der Waals surface area (Å²) in [4.78, 5) is 11.8. The number of carbonyl (C=O) groups excluding carboxylic acids is 1. The van der Waals surface area contributed by atoms with Crippen molar-refractivity contribution in [3.63, 3.8) is 0 Å². The lowest BCUT2D eigenvalue weighted by molar-refractivity contribution is -0.123. The Kier molecular flexibility index (Phi) is 5.59. The quantitative estimate of drug-likeness (QED) is 0.455. The van der Waals surface area contributed by atoms with E-state index in [1.54, 1.807) is 5.43 Å². The van der Waals surface area contributed by atoms with E-state index in [0.717, 1.165) is 12.1 Å². The smallest absolute Gasteiger partial charge is 0.272 e. The predicted molar refractivity (Wildman–Crippen MR) is 76.7 cm³/mol. The van der Waals surface area contributed by atoms with E-state index in [0.29, 0.717) is 12.1 Å². The molecule has 0 aliphatic heterocycles. The molecule has 0 spiro atoms. The van der Waals surface area contributed by atoms with Gasteiger partial charge in [-0.1, -0.05) is 6.07 Å². The summed E-state index contributed by atoms with van der Waals surface area (Å²) in [5, 5.41) is 0. The van der Waals surface area contributed by atoms with Crippen molar-refractivity contribution in [3.05, 3.63) is 59.7 Å². The van der Waals surface area contributed by atoms with Crippen LogP contribution >= 0.6 is 0 Å². The van der Waals surface area contributed by atoms with E-state index < -0.39 is 50.7 Å². The molecule has 0 fully saturated rings. The van der Waals surface area contributed by atoms with Crippen LogP contribution in [0.5, 0.6) is 5.75 Å². The van der Waals surface area contributed by atoms with Crippen LogP contribution in [0.25, 0.3) is 0 Å². The van der Waals surface area contributed by atoms with Crippen molar-refractivity contribution < 1.29 is 35.5 Å². The highest BCUT2D eigenvalue weighted by Crippen LogP contribution is 2.19. The van der Waals surface area contributed by atoms with Gasteiger partial charge in [0.05, 0.1) is 0 Å². The maximum Gasteiger partial charge on any atom is 0.272 e. The number of carbonyl (C=O) groups is 1. The van der Waals surface area contributed by atoms with E-state index in [-0.39, 0.29) is 5.75 Å². The molecule has 0 radical (unpaired) electrons. The van der Waals surface area contributed by atoms with Crippen molar-refractivity contribution in [3.8, 4) is 5.75 Å². The fourth-order valence-corrected chi connectivity index (χ4v) is 2.57. The third kappa shape index (κ3) is 4.67. The zero-order valence-electron chi connectivity index (χ0n) is 12.2. The number of halogens is 4. The van der Waals surface area contributed by atoms with Crippen LogP contribution in [-0.2, 0) is 14.8 Å². The van der Waals surface area contributed by atoms with Gasteiger partial charge < -0.3 is 4.74 Å². The molecule has 2 rings (SSSR count). The second-order valence-electron chi connectivity index (χ2n) is 4.57. The Bertz CT molecular complexity index is 906. The lowest BCUT2D eigenvalue weighted by atomic mass is 10.3. The van der Waals surface area contributed by atoms with Gasteiger partial charge in [-0.05, 0) is 24.3 Å². The third-order valence-electron chi connectivity index (χ3n) is 2.78. The van der Waals surface area contributed by atoms with Crippen molar-refractivity contribution in [1.82, 2.24) is 10.3 Å². The van der Waals surface area contributed by atoms with Gasteiger partial charge >= 0.3 is 0 Å². The Morgan fingerprint density at radius 2 is 1.76 bits per heavy atom. The molecule has 2 aromatic rings. The first-order valence-corrected chi connectivity index (χ1v) is 8.01. The van der Waals surface area contributed by atoms with E-state index in [9.17, 15) is 30.8 Å². The Morgan fingerprint density at radius 1 is 1.04 bits per heavy atom. The molecule has 0 aliphatic carbocycles. The van der Waals surface area contributed by atoms with Gasteiger partial charge in [-0.15, -0.1) is 4.83 Å². The summed E-state index contributed by atoms with van der Waals surface area (Å²) in [7, 11) is -4.69. The van der Waals surface area contributed by atoms with E-state index >= 15 is 0 Å². The van der Waals surface area contributed by atoms with Crippen LogP contribution in [0.1, 0.15) is 0 Å². The molecule has 0 atom stereocenters. The molecule has 0 heterocycles. The molecule has 0 saturated heterocycles. The Balaban J connectivity index is 1.98. The zero-order chi connectivity index (χ0) is 18.6. The van der Waals surface area contributed by atoms with Gasteiger partial charge in [0.1, 0.15) is 16.5 Å². The number of hydrogen-bond acceptors (Lipinski definition) is 4. The van der Waals surface area contributed by atoms with Crippen molar-refractivity contribution in [1.29, 1.82) is 0 Å². The summed E-state index contributed by atoms with van der Waals surface area (Å²) < 4.78 is 80.8. The van der Waals surface area contributed by atoms with Crippen LogP contribution in [0, 0.1) is 23.3 Å². The second kappa shape index (κ2) is 7.49. The molecule has 2 N–H and O–H groups in total. The van der Waals surface area contributed by atoms with Crippen molar-refractivity contribution in [2.45, 2.75) is 4.90 Å². The molecule has 0 aliphatic rings. The summed E-state index contributed by atoms with van der Waals surface area (Å²) in [6.07, 6.45) is 0. The molecule has 1 amide bonds. The molecule has 0 saturated carbocycles. The zero-order valence-corrected chi connectivity index (χ0v) is 13.0. The van der Waals surface area contributed by atoms with Crippen LogP contribution in [0.15, 0.2) is 41.3 Å². The molecular formula is C14H10F4N2O4S. The van der Waals surface area contributed by atoms with Gasteiger partial charge in [0, 0.05) is 6.07 Å². The Hall–Kier alpha value is -2.66. The van der Waals surface area contributed by atoms with E-state index in [1.165, 1.54) is 17.0 Å². The van der Waals surface area contributed by atoms with Crippen molar-refractivity contribution in [2.24, 2.45) is 0 Å². The number of hydrazine groups is 1. The average Bonchev–Trinajstić information content (AvgIpc) is 2.56. The molecule has 0 aromatic heterocycles. The highest BCUT2D eigenvalue weighted by atomic mass is 32.2. The van der Waals surface area contributed by atoms with Crippen molar-refractivity contribution in [2.75, 3.05) is 6.61 Å². The summed E-state index contributed by atoms with van der Waals surface area (Å²) in [6, 6.07) is 5.74. The number of hydrogen-bond donors (Lipinski definition) is 2. The van der Waals surface area contributed by atoms with Gasteiger partial charge in [0.15, 0.2) is 24.1 Å². The van der Waals surface area contributed by atoms with Crippen LogP contribution in [-0.4, -0.2) is 20.9 Å². The number of ether oxygens (including phenoxy) is 1. The van der Waals surface area contributed by atoms with Gasteiger partial charge in [-0.3, -0.25) is 10.2 Å². The number of rotatable bonds is 6. The first-order chi connectivity index (χ1) is 11.7. The fourth-order valence-electron chi connectivity index (χ4n) is 1.64. The van der Waals surface area contributed by atoms with Crippen LogP contribution in [0.3, 0.4) is 0 Å². The molecule has 134 valence electrons. The van der Waals surface area contributed by atoms with Gasteiger partial charge in [-0.2, -0.15) is 0 Å². The molecule has 6 nitrogen and oxygen atoms in total. The highest BCUT2D eigenvalue weighted by Gasteiger charge is 2.24. The topological polar surface area (TPSA) is 84.5 Å². The van der Waals surface area contributed by atoms with Crippen molar-refractivity contribution >= 4 is 15.9 Å². The first-order valence-electron chi connectivity index (χ1n) is 6.53. The molecule has 25 heavy (non-hydrogen) atoms. The summed E-state index contributed by atoms with van der Waals surface area (Å²) in [6.45, 7) is -0.688. The van der Waals surface area contributed by atoms with E-state index in [4.69, 9.17) is 4.74 Å². The monoisotopic (exact) mass is 378 g/mol.